The monoisotopic (exact) mass is 432 g/mol. The van der Waals surface area contributed by atoms with Gasteiger partial charge in [-0.15, -0.1) is 10.2 Å². The summed E-state index contributed by atoms with van der Waals surface area (Å²) in [6, 6.07) is 11.8. The van der Waals surface area contributed by atoms with Gasteiger partial charge in [-0.1, -0.05) is 44.0 Å². The van der Waals surface area contributed by atoms with Crippen molar-refractivity contribution in [3.63, 3.8) is 0 Å². The first-order valence-corrected chi connectivity index (χ1v) is 9.97. The van der Waals surface area contributed by atoms with E-state index < -0.39 is 17.6 Å². The number of aromatic hydroxyl groups is 1. The third kappa shape index (κ3) is 5.42. The second-order valence-electron chi connectivity index (χ2n) is 7.07. The van der Waals surface area contributed by atoms with Crippen LogP contribution in [0, 0.1) is 0 Å². The fourth-order valence-electron chi connectivity index (χ4n) is 3.24. The van der Waals surface area contributed by atoms with Crippen molar-refractivity contribution in [1.82, 2.24) is 4.57 Å². The molecule has 0 spiro atoms. The Morgan fingerprint density at radius 1 is 1.13 bits per heavy atom. The van der Waals surface area contributed by atoms with Crippen LogP contribution in [0.3, 0.4) is 0 Å². The molecule has 0 unspecified atom stereocenters. The van der Waals surface area contributed by atoms with Crippen LogP contribution in [0.1, 0.15) is 31.7 Å². The van der Waals surface area contributed by atoms with E-state index in [-0.39, 0.29) is 23.8 Å². The summed E-state index contributed by atoms with van der Waals surface area (Å²) < 4.78 is 40.1. The summed E-state index contributed by atoms with van der Waals surface area (Å²) in [5.41, 5.74) is 0.320. The van der Waals surface area contributed by atoms with Gasteiger partial charge in [0.1, 0.15) is 0 Å². The molecule has 3 rings (SSSR count). The first kappa shape index (κ1) is 22.3. The maximum atomic E-state index is 12.8. The summed E-state index contributed by atoms with van der Waals surface area (Å²) in [6.45, 7) is 2.37. The van der Waals surface area contributed by atoms with Crippen LogP contribution in [0.5, 0.6) is 5.88 Å². The highest BCUT2D eigenvalue weighted by Gasteiger charge is 2.30. The fourth-order valence-corrected chi connectivity index (χ4v) is 3.24. The number of para-hydroxylation sites is 1. The number of benzene rings is 2. The molecule has 164 valence electrons. The number of fused-ring (bicyclic) bond motifs is 1. The Morgan fingerprint density at radius 3 is 2.65 bits per heavy atom. The minimum Gasteiger partial charge on any atom is -0.493 e. The van der Waals surface area contributed by atoms with Crippen LogP contribution in [-0.2, 0) is 17.5 Å². The zero-order valence-corrected chi connectivity index (χ0v) is 17.0. The summed E-state index contributed by atoms with van der Waals surface area (Å²) in [6.07, 6.45) is -1.52. The van der Waals surface area contributed by atoms with Crippen molar-refractivity contribution in [3.05, 3.63) is 54.1 Å². The highest BCUT2D eigenvalue weighted by Crippen LogP contribution is 2.39. The van der Waals surface area contributed by atoms with E-state index in [1.807, 2.05) is 12.1 Å². The summed E-state index contributed by atoms with van der Waals surface area (Å²) in [7, 11) is 0. The highest BCUT2D eigenvalue weighted by molar-refractivity contribution is 5.95. The quantitative estimate of drug-likeness (QED) is 0.325. The van der Waals surface area contributed by atoms with E-state index in [2.05, 4.69) is 22.5 Å². The molecule has 9 heteroatoms. The number of amides is 1. The Morgan fingerprint density at radius 2 is 1.90 bits per heavy atom. The second kappa shape index (κ2) is 9.63. The number of nitrogens with one attached hydrogen (secondary N) is 1. The lowest BCUT2D eigenvalue weighted by molar-refractivity contribution is -0.137. The highest BCUT2D eigenvalue weighted by atomic mass is 19.4. The van der Waals surface area contributed by atoms with Gasteiger partial charge in [-0.2, -0.15) is 13.2 Å². The molecule has 1 aromatic heterocycles. The number of unbranched alkanes of at least 4 members (excludes halogenated alkanes) is 2. The topological polar surface area (TPSA) is 79.0 Å². The van der Waals surface area contributed by atoms with E-state index in [0.717, 1.165) is 36.9 Å². The minimum absolute atomic E-state index is 0.0697. The molecule has 0 saturated carbocycles. The SMILES string of the molecule is CCCCCn1c(O)c(N=NC(=O)CNc2cccc(C(F)(F)F)c2)c2ccccc21. The summed E-state index contributed by atoms with van der Waals surface area (Å²) in [5, 5.41) is 21.5. The zero-order chi connectivity index (χ0) is 22.4. The number of rotatable bonds is 8. The third-order valence-corrected chi connectivity index (χ3v) is 4.80. The predicted octanol–water partition coefficient (Wildman–Crippen LogP) is 6.28. The lowest BCUT2D eigenvalue weighted by Gasteiger charge is -2.09. The van der Waals surface area contributed by atoms with Crippen molar-refractivity contribution in [2.75, 3.05) is 11.9 Å². The number of hydrogen-bond acceptors (Lipinski definition) is 4. The maximum Gasteiger partial charge on any atom is 0.416 e. The van der Waals surface area contributed by atoms with Gasteiger partial charge >= 0.3 is 6.18 Å². The molecule has 0 aliphatic rings. The molecule has 0 bridgehead atoms. The lowest BCUT2D eigenvalue weighted by Crippen LogP contribution is -2.12. The minimum atomic E-state index is -4.47. The molecule has 0 fully saturated rings. The van der Waals surface area contributed by atoms with Crippen molar-refractivity contribution in [3.8, 4) is 5.88 Å². The Kier molecular flexibility index (Phi) is 6.94. The van der Waals surface area contributed by atoms with Gasteiger partial charge in [0.2, 0.25) is 5.88 Å². The van der Waals surface area contributed by atoms with Crippen molar-refractivity contribution >= 4 is 28.2 Å². The van der Waals surface area contributed by atoms with Crippen molar-refractivity contribution in [2.24, 2.45) is 10.2 Å². The van der Waals surface area contributed by atoms with Crippen LogP contribution >= 0.6 is 0 Å². The van der Waals surface area contributed by atoms with Gasteiger partial charge in [-0.3, -0.25) is 4.79 Å². The largest absolute Gasteiger partial charge is 0.493 e. The van der Waals surface area contributed by atoms with Crippen LogP contribution < -0.4 is 5.32 Å². The van der Waals surface area contributed by atoms with Crippen molar-refractivity contribution in [1.29, 1.82) is 0 Å². The molecule has 1 amide bonds. The number of nitrogens with zero attached hydrogens (tertiary/aromatic N) is 3. The molecular weight excluding hydrogens is 409 g/mol. The molecule has 3 aromatic rings. The zero-order valence-electron chi connectivity index (χ0n) is 17.0. The molecule has 2 aromatic carbocycles. The molecular formula is C22H23F3N4O2. The number of aromatic nitrogens is 1. The molecule has 0 radical (unpaired) electrons. The van der Waals surface area contributed by atoms with E-state index in [1.54, 1.807) is 16.7 Å². The van der Waals surface area contributed by atoms with Crippen LogP contribution in [0.25, 0.3) is 10.9 Å². The average Bonchev–Trinajstić information content (AvgIpc) is 3.01. The van der Waals surface area contributed by atoms with Gasteiger partial charge < -0.3 is 15.0 Å². The van der Waals surface area contributed by atoms with Crippen LogP contribution in [0.4, 0.5) is 24.5 Å². The number of alkyl halides is 3. The standard InChI is InChI=1S/C22H23F3N4O2/c1-2-3-6-12-29-18-11-5-4-10-17(18)20(21(29)31)28-27-19(30)14-26-16-9-7-8-15(13-16)22(23,24)25/h4-5,7-11,13,26,31H,2-3,6,12,14H2,1H3. The summed E-state index contributed by atoms with van der Waals surface area (Å²) >= 11 is 0. The molecule has 1 heterocycles. The van der Waals surface area contributed by atoms with Crippen molar-refractivity contribution in [2.45, 2.75) is 38.9 Å². The van der Waals surface area contributed by atoms with E-state index in [0.29, 0.717) is 11.9 Å². The molecule has 0 saturated heterocycles. The number of carbonyl (C=O) groups is 1. The lowest BCUT2D eigenvalue weighted by atomic mass is 10.2. The summed E-state index contributed by atoms with van der Waals surface area (Å²) in [4.78, 5) is 12.1. The first-order valence-electron chi connectivity index (χ1n) is 9.97. The van der Waals surface area contributed by atoms with Gasteiger partial charge in [0.25, 0.3) is 5.91 Å². The number of halogens is 3. The Labute approximate surface area is 177 Å². The Bertz CT molecular complexity index is 1090. The van der Waals surface area contributed by atoms with Gasteiger partial charge in [0.05, 0.1) is 17.6 Å². The molecule has 2 N–H and O–H groups in total. The molecule has 31 heavy (non-hydrogen) atoms. The molecule has 0 atom stereocenters. The van der Waals surface area contributed by atoms with Crippen molar-refractivity contribution < 1.29 is 23.1 Å². The van der Waals surface area contributed by atoms with Crippen LogP contribution in [-0.4, -0.2) is 22.1 Å². The van der Waals surface area contributed by atoms with Gasteiger partial charge in [-0.05, 0) is 30.7 Å². The second-order valence-corrected chi connectivity index (χ2v) is 7.07. The Hall–Kier alpha value is -3.36. The Balaban J connectivity index is 1.73. The summed E-state index contributed by atoms with van der Waals surface area (Å²) in [5.74, 6) is -0.751. The first-order chi connectivity index (χ1) is 14.8. The van der Waals surface area contributed by atoms with Crippen LogP contribution in [0.2, 0.25) is 0 Å². The number of carbonyl (C=O) groups excluding carboxylic acids is 1. The third-order valence-electron chi connectivity index (χ3n) is 4.80. The van der Waals surface area contributed by atoms with Crippen LogP contribution in [0.15, 0.2) is 58.8 Å². The van der Waals surface area contributed by atoms with Gasteiger partial charge in [-0.25, -0.2) is 0 Å². The van der Waals surface area contributed by atoms with Gasteiger partial charge in [0.15, 0.2) is 5.69 Å². The van der Waals surface area contributed by atoms with E-state index in [1.165, 1.54) is 12.1 Å². The smallest absolute Gasteiger partial charge is 0.416 e. The maximum absolute atomic E-state index is 12.8. The van der Waals surface area contributed by atoms with E-state index >= 15 is 0 Å². The number of azo groups is 1. The van der Waals surface area contributed by atoms with E-state index in [4.69, 9.17) is 0 Å². The molecule has 0 aliphatic heterocycles. The molecule has 6 nitrogen and oxygen atoms in total. The number of hydrogen-bond donors (Lipinski definition) is 2. The normalized spacial score (nSPS) is 12.0. The fraction of sp³-hybridized carbons (Fsp3) is 0.318. The number of anilines is 1. The molecule has 0 aliphatic carbocycles. The number of aryl methyl sites for hydroxylation is 1. The van der Waals surface area contributed by atoms with E-state index in [9.17, 15) is 23.1 Å². The van der Waals surface area contributed by atoms with Gasteiger partial charge in [0, 0.05) is 17.6 Å². The predicted molar refractivity (Wildman–Crippen MR) is 113 cm³/mol. The average molecular weight is 432 g/mol.